The van der Waals surface area contributed by atoms with Crippen molar-refractivity contribution in [3.8, 4) is 5.75 Å². The zero-order valence-corrected chi connectivity index (χ0v) is 14.7. The van der Waals surface area contributed by atoms with Crippen LogP contribution in [0.1, 0.15) is 56.1 Å². The highest BCUT2D eigenvalue weighted by molar-refractivity contribution is 5.29. The summed E-state index contributed by atoms with van der Waals surface area (Å²) in [6, 6.07) is 9.75. The normalized spacial score (nSPS) is 20.4. The monoisotopic (exact) mass is 345 g/mol. The first kappa shape index (κ1) is 17.8. The topological polar surface area (TPSA) is 22.1 Å². The van der Waals surface area contributed by atoms with Crippen LogP contribution in [0.4, 0.5) is 8.78 Å². The van der Waals surface area contributed by atoms with Gasteiger partial charge in [-0.3, -0.25) is 0 Å². The summed E-state index contributed by atoms with van der Waals surface area (Å²) < 4.78 is 31.6. The molecule has 1 aliphatic carbocycles. The Bertz CT molecular complexity index is 679. The molecule has 2 nitrogen and oxygen atoms in total. The Labute approximate surface area is 148 Å². The molecule has 0 aliphatic heterocycles. The van der Waals surface area contributed by atoms with Crippen LogP contribution in [0.25, 0.3) is 0 Å². The van der Waals surface area contributed by atoms with Crippen molar-refractivity contribution in [1.29, 1.82) is 0 Å². The van der Waals surface area contributed by atoms with Crippen LogP contribution in [0, 0.1) is 17.7 Å². The van der Waals surface area contributed by atoms with Gasteiger partial charge in [0.05, 0.1) is 6.61 Å². The molecule has 4 heteroatoms. The van der Waals surface area contributed by atoms with E-state index in [1.807, 2.05) is 6.92 Å². The Morgan fingerprint density at radius 3 is 2.44 bits per heavy atom. The lowest BCUT2D eigenvalue weighted by molar-refractivity contribution is 0.309. The third kappa shape index (κ3) is 4.77. The van der Waals surface area contributed by atoms with Gasteiger partial charge in [-0.2, -0.15) is 4.39 Å². The van der Waals surface area contributed by atoms with Gasteiger partial charge in [0.1, 0.15) is 5.75 Å². The largest absolute Gasteiger partial charge is 0.494 e. The molecule has 2 aromatic rings. The maximum Gasteiger partial charge on any atom is 0.248 e. The van der Waals surface area contributed by atoms with Crippen LogP contribution < -0.4 is 4.74 Å². The standard InChI is InChI=1S/C21H25F2NO/c1-2-25-19-11-9-18(10-12-19)17-7-5-15(6-8-17)3-4-16-13-20(22)21(23)24-14-16/h9-15,17H,2-8H2,1H3. The number of aromatic nitrogens is 1. The molecule has 0 saturated heterocycles. The SMILES string of the molecule is CCOc1ccc(C2CCC(CCc3cnc(F)c(F)c3)CC2)cc1. The van der Waals surface area contributed by atoms with Crippen molar-refractivity contribution in [3.63, 3.8) is 0 Å². The molecule has 1 heterocycles. The van der Waals surface area contributed by atoms with Gasteiger partial charge in [-0.25, -0.2) is 9.37 Å². The highest BCUT2D eigenvalue weighted by Crippen LogP contribution is 2.37. The fourth-order valence-corrected chi connectivity index (χ4v) is 3.76. The number of halogens is 2. The Morgan fingerprint density at radius 2 is 1.80 bits per heavy atom. The fraction of sp³-hybridized carbons (Fsp3) is 0.476. The minimum Gasteiger partial charge on any atom is -0.494 e. The van der Waals surface area contributed by atoms with E-state index in [2.05, 4.69) is 29.2 Å². The van der Waals surface area contributed by atoms with Crippen LogP contribution in [0.5, 0.6) is 5.75 Å². The highest BCUT2D eigenvalue weighted by atomic mass is 19.2. The number of ether oxygens (including phenoxy) is 1. The van der Waals surface area contributed by atoms with Crippen molar-refractivity contribution in [2.24, 2.45) is 5.92 Å². The van der Waals surface area contributed by atoms with Gasteiger partial charge in [0, 0.05) is 6.20 Å². The van der Waals surface area contributed by atoms with Gasteiger partial charge in [-0.05, 0) is 86.6 Å². The summed E-state index contributed by atoms with van der Waals surface area (Å²) in [7, 11) is 0. The molecule has 0 N–H and O–H groups in total. The van der Waals surface area contributed by atoms with E-state index >= 15 is 0 Å². The van der Waals surface area contributed by atoms with E-state index in [1.54, 1.807) is 0 Å². The lowest BCUT2D eigenvalue weighted by Crippen LogP contribution is -2.14. The van der Waals surface area contributed by atoms with E-state index in [0.717, 1.165) is 24.2 Å². The molecule has 0 spiro atoms. The maximum absolute atomic E-state index is 13.2. The van der Waals surface area contributed by atoms with E-state index in [0.29, 0.717) is 18.4 Å². The Morgan fingerprint density at radius 1 is 1.08 bits per heavy atom. The number of aryl methyl sites for hydroxylation is 1. The van der Waals surface area contributed by atoms with Crippen LogP contribution in [0.15, 0.2) is 36.5 Å². The van der Waals surface area contributed by atoms with Gasteiger partial charge in [0.2, 0.25) is 5.95 Å². The van der Waals surface area contributed by atoms with Crippen molar-refractivity contribution >= 4 is 0 Å². The summed E-state index contributed by atoms with van der Waals surface area (Å²) in [6.45, 7) is 2.68. The van der Waals surface area contributed by atoms with Crippen LogP contribution in [0.2, 0.25) is 0 Å². The second kappa shape index (κ2) is 8.41. The van der Waals surface area contributed by atoms with Crippen LogP contribution in [-0.4, -0.2) is 11.6 Å². The van der Waals surface area contributed by atoms with Crippen molar-refractivity contribution in [1.82, 2.24) is 4.98 Å². The van der Waals surface area contributed by atoms with Crippen molar-refractivity contribution in [3.05, 3.63) is 59.4 Å². The number of hydrogen-bond donors (Lipinski definition) is 0. The summed E-state index contributed by atoms with van der Waals surface area (Å²) in [5, 5.41) is 0. The minimum atomic E-state index is -1.01. The summed E-state index contributed by atoms with van der Waals surface area (Å²) in [4.78, 5) is 3.46. The second-order valence-electron chi connectivity index (χ2n) is 6.87. The Hall–Kier alpha value is -1.97. The van der Waals surface area contributed by atoms with Crippen molar-refractivity contribution in [2.45, 2.75) is 51.4 Å². The van der Waals surface area contributed by atoms with Gasteiger partial charge in [-0.1, -0.05) is 12.1 Å². The fourth-order valence-electron chi connectivity index (χ4n) is 3.76. The number of hydrogen-bond acceptors (Lipinski definition) is 2. The molecule has 1 aromatic heterocycles. The number of pyridine rings is 1. The van der Waals surface area contributed by atoms with E-state index < -0.39 is 11.8 Å². The van der Waals surface area contributed by atoms with Gasteiger partial charge >= 0.3 is 0 Å². The predicted molar refractivity (Wildman–Crippen MR) is 94.8 cm³/mol. The van der Waals surface area contributed by atoms with Gasteiger partial charge in [-0.15, -0.1) is 0 Å². The zero-order valence-electron chi connectivity index (χ0n) is 14.7. The molecular weight excluding hydrogens is 320 g/mol. The number of nitrogens with zero attached hydrogens (tertiary/aromatic N) is 1. The number of rotatable bonds is 6. The lowest BCUT2D eigenvalue weighted by atomic mass is 9.77. The number of benzene rings is 1. The minimum absolute atomic E-state index is 0.622. The van der Waals surface area contributed by atoms with Crippen molar-refractivity contribution < 1.29 is 13.5 Å². The Kier molecular flexibility index (Phi) is 6.00. The van der Waals surface area contributed by atoms with Gasteiger partial charge in [0.25, 0.3) is 0 Å². The molecule has 0 amide bonds. The second-order valence-corrected chi connectivity index (χ2v) is 6.87. The molecule has 1 aromatic carbocycles. The van der Waals surface area contributed by atoms with E-state index in [1.165, 1.54) is 43.5 Å². The molecule has 134 valence electrons. The maximum atomic E-state index is 13.2. The molecule has 25 heavy (non-hydrogen) atoms. The zero-order chi connectivity index (χ0) is 17.6. The highest BCUT2D eigenvalue weighted by Gasteiger charge is 2.22. The quantitative estimate of drug-likeness (QED) is 0.630. The van der Waals surface area contributed by atoms with E-state index in [-0.39, 0.29) is 0 Å². The molecule has 0 unspecified atom stereocenters. The van der Waals surface area contributed by atoms with Crippen LogP contribution in [-0.2, 0) is 6.42 Å². The molecule has 0 bridgehead atoms. The molecule has 0 atom stereocenters. The lowest BCUT2D eigenvalue weighted by Gasteiger charge is -2.29. The van der Waals surface area contributed by atoms with Gasteiger partial charge in [0.15, 0.2) is 5.82 Å². The molecular formula is C21H25F2NO. The first-order valence-electron chi connectivity index (χ1n) is 9.18. The van der Waals surface area contributed by atoms with Crippen molar-refractivity contribution in [2.75, 3.05) is 6.61 Å². The summed E-state index contributed by atoms with van der Waals surface area (Å²) in [5.41, 5.74) is 2.18. The third-order valence-electron chi connectivity index (χ3n) is 5.20. The average molecular weight is 345 g/mol. The Balaban J connectivity index is 1.47. The summed E-state index contributed by atoms with van der Waals surface area (Å²) in [6.07, 6.45) is 7.99. The molecule has 0 radical (unpaired) electrons. The molecule has 1 saturated carbocycles. The van der Waals surface area contributed by atoms with Gasteiger partial charge < -0.3 is 4.74 Å². The van der Waals surface area contributed by atoms with E-state index in [9.17, 15) is 8.78 Å². The summed E-state index contributed by atoms with van der Waals surface area (Å²) in [5.74, 6) is 0.348. The molecule has 1 fully saturated rings. The predicted octanol–water partition coefficient (Wildman–Crippen LogP) is 5.67. The first-order chi connectivity index (χ1) is 12.2. The average Bonchev–Trinajstić information content (AvgIpc) is 2.64. The third-order valence-corrected chi connectivity index (χ3v) is 5.20. The van der Waals surface area contributed by atoms with E-state index in [4.69, 9.17) is 4.74 Å². The molecule has 1 aliphatic rings. The first-order valence-corrected chi connectivity index (χ1v) is 9.18. The van der Waals surface area contributed by atoms with Crippen LogP contribution in [0.3, 0.4) is 0 Å². The van der Waals surface area contributed by atoms with Crippen LogP contribution >= 0.6 is 0 Å². The summed E-state index contributed by atoms with van der Waals surface area (Å²) >= 11 is 0. The molecule has 3 rings (SSSR count). The smallest absolute Gasteiger partial charge is 0.248 e.